The fourth-order valence-electron chi connectivity index (χ4n) is 2.12. The molecule has 130 valence electrons. The second-order valence-corrected chi connectivity index (χ2v) is 6.92. The number of aryl methyl sites for hydroxylation is 1. The van der Waals surface area contributed by atoms with Gasteiger partial charge in [-0.1, -0.05) is 35.0 Å². The number of nitrogens with one attached hydrogen (secondary N) is 1. The Hall–Kier alpha value is -2.74. The van der Waals surface area contributed by atoms with E-state index in [-0.39, 0.29) is 29.8 Å². The van der Waals surface area contributed by atoms with Gasteiger partial charge in [0.15, 0.2) is 0 Å². The van der Waals surface area contributed by atoms with Crippen molar-refractivity contribution in [2.24, 2.45) is 0 Å². The fourth-order valence-corrected chi connectivity index (χ4v) is 3.01. The third-order valence-corrected chi connectivity index (χ3v) is 4.55. The average Bonchev–Trinajstić information content (AvgIpc) is 3.25. The topological polar surface area (TPSA) is 98.2 Å². The molecule has 7 nitrogen and oxygen atoms in total. The molecule has 0 aliphatic carbocycles. The highest BCUT2D eigenvalue weighted by atomic mass is 32.2. The molecule has 1 aromatic carbocycles. The SMILES string of the molecule is Cc1ccc(-c2noc(CS(=O)CC(=O)NCc3ccco3)n2)cc1. The standard InChI is InChI=1S/C17H17N3O4S/c1-12-4-6-13(7-5-12)17-19-16(24-20-17)11-25(22)10-15(21)18-9-14-3-2-8-23-14/h2-8H,9-11H2,1H3,(H,18,21). The molecular weight excluding hydrogens is 342 g/mol. The summed E-state index contributed by atoms with van der Waals surface area (Å²) in [6.07, 6.45) is 1.53. The van der Waals surface area contributed by atoms with Gasteiger partial charge in [0, 0.05) is 16.4 Å². The van der Waals surface area contributed by atoms with E-state index in [2.05, 4.69) is 15.5 Å². The van der Waals surface area contributed by atoms with Crippen molar-refractivity contribution in [3.05, 3.63) is 59.9 Å². The molecule has 1 atom stereocenters. The van der Waals surface area contributed by atoms with Crippen LogP contribution in [0.4, 0.5) is 0 Å². The van der Waals surface area contributed by atoms with E-state index in [1.807, 2.05) is 31.2 Å². The normalized spacial score (nSPS) is 12.0. The summed E-state index contributed by atoms with van der Waals surface area (Å²) < 4.78 is 22.3. The molecule has 2 aromatic heterocycles. The number of benzene rings is 1. The van der Waals surface area contributed by atoms with E-state index in [0.29, 0.717) is 11.6 Å². The van der Waals surface area contributed by atoms with Crippen molar-refractivity contribution < 1.29 is 17.9 Å². The van der Waals surface area contributed by atoms with Gasteiger partial charge in [0.1, 0.15) is 17.3 Å². The quantitative estimate of drug-likeness (QED) is 0.694. The van der Waals surface area contributed by atoms with Crippen LogP contribution in [0.1, 0.15) is 17.2 Å². The molecule has 1 amide bonds. The summed E-state index contributed by atoms with van der Waals surface area (Å²) >= 11 is 0. The molecule has 0 aliphatic heterocycles. The van der Waals surface area contributed by atoms with Crippen LogP contribution in [0.25, 0.3) is 11.4 Å². The summed E-state index contributed by atoms with van der Waals surface area (Å²) in [7, 11) is -1.43. The van der Waals surface area contributed by atoms with Gasteiger partial charge in [0.25, 0.3) is 0 Å². The molecule has 0 fully saturated rings. The lowest BCUT2D eigenvalue weighted by atomic mass is 10.1. The lowest BCUT2D eigenvalue weighted by Crippen LogP contribution is -2.28. The zero-order chi connectivity index (χ0) is 17.6. The fraction of sp³-hybridized carbons (Fsp3) is 0.235. The molecule has 1 N–H and O–H groups in total. The first-order valence-corrected chi connectivity index (χ1v) is 9.12. The van der Waals surface area contributed by atoms with E-state index >= 15 is 0 Å². The highest BCUT2D eigenvalue weighted by Crippen LogP contribution is 2.16. The molecule has 0 radical (unpaired) electrons. The Balaban J connectivity index is 1.51. The summed E-state index contributed by atoms with van der Waals surface area (Å²) in [6, 6.07) is 11.2. The number of hydrogen-bond acceptors (Lipinski definition) is 6. The molecular formula is C17H17N3O4S. The molecule has 0 saturated carbocycles. The molecule has 25 heavy (non-hydrogen) atoms. The first kappa shape index (κ1) is 17.1. The molecule has 8 heteroatoms. The van der Waals surface area contributed by atoms with Crippen LogP contribution in [-0.4, -0.2) is 26.0 Å². The third-order valence-electron chi connectivity index (χ3n) is 3.39. The predicted octanol–water partition coefficient (Wildman–Crippen LogP) is 2.20. The van der Waals surface area contributed by atoms with Crippen LogP contribution in [0, 0.1) is 6.92 Å². The van der Waals surface area contributed by atoms with Crippen molar-refractivity contribution in [3.63, 3.8) is 0 Å². The molecule has 0 aliphatic rings. The summed E-state index contributed by atoms with van der Waals surface area (Å²) in [5.41, 5.74) is 1.96. The molecule has 3 rings (SSSR count). The third kappa shape index (κ3) is 4.87. The van der Waals surface area contributed by atoms with Gasteiger partial charge in [-0.2, -0.15) is 4.98 Å². The van der Waals surface area contributed by atoms with E-state index in [0.717, 1.165) is 11.1 Å². The first-order valence-electron chi connectivity index (χ1n) is 7.64. The summed E-state index contributed by atoms with van der Waals surface area (Å²) in [4.78, 5) is 16.0. The van der Waals surface area contributed by atoms with Gasteiger partial charge in [0.2, 0.25) is 17.6 Å². The van der Waals surface area contributed by atoms with Crippen molar-refractivity contribution in [2.75, 3.05) is 5.75 Å². The Morgan fingerprint density at radius 3 is 2.76 bits per heavy atom. The van der Waals surface area contributed by atoms with Gasteiger partial charge in [-0.05, 0) is 19.1 Å². The number of amides is 1. The van der Waals surface area contributed by atoms with E-state index < -0.39 is 10.8 Å². The smallest absolute Gasteiger partial charge is 0.239 e. The number of nitrogens with zero attached hydrogens (tertiary/aromatic N) is 2. The van der Waals surface area contributed by atoms with E-state index in [1.54, 1.807) is 12.1 Å². The zero-order valence-corrected chi connectivity index (χ0v) is 14.4. The summed E-state index contributed by atoms with van der Waals surface area (Å²) in [5.74, 6) is 0.893. The van der Waals surface area contributed by atoms with Crippen LogP contribution in [0.15, 0.2) is 51.6 Å². The lowest BCUT2D eigenvalue weighted by Gasteiger charge is -2.02. The largest absolute Gasteiger partial charge is 0.467 e. The highest BCUT2D eigenvalue weighted by Gasteiger charge is 2.14. The summed E-state index contributed by atoms with van der Waals surface area (Å²) in [6.45, 7) is 2.26. The minimum atomic E-state index is -1.43. The zero-order valence-electron chi connectivity index (χ0n) is 13.6. The van der Waals surface area contributed by atoms with Gasteiger partial charge in [0.05, 0.1) is 12.8 Å². The van der Waals surface area contributed by atoms with E-state index in [9.17, 15) is 9.00 Å². The molecule has 2 heterocycles. The van der Waals surface area contributed by atoms with E-state index in [4.69, 9.17) is 8.94 Å². The highest BCUT2D eigenvalue weighted by molar-refractivity contribution is 7.84. The second kappa shape index (κ2) is 7.89. The van der Waals surface area contributed by atoms with Gasteiger partial charge in [-0.15, -0.1) is 0 Å². The number of carbonyl (C=O) groups excluding carboxylic acids is 1. The molecule has 0 saturated heterocycles. The van der Waals surface area contributed by atoms with Gasteiger partial charge in [-0.25, -0.2) is 0 Å². The molecule has 3 aromatic rings. The number of furan rings is 1. The monoisotopic (exact) mass is 359 g/mol. The summed E-state index contributed by atoms with van der Waals surface area (Å²) in [5, 5.41) is 6.53. The molecule has 1 unspecified atom stereocenters. The lowest BCUT2D eigenvalue weighted by molar-refractivity contribution is -0.118. The number of rotatable bonds is 7. The molecule has 0 spiro atoms. The maximum atomic E-state index is 12.1. The van der Waals surface area contributed by atoms with Crippen LogP contribution < -0.4 is 5.32 Å². The Kier molecular flexibility index (Phi) is 5.39. The maximum absolute atomic E-state index is 12.1. The maximum Gasteiger partial charge on any atom is 0.239 e. The van der Waals surface area contributed by atoms with Crippen molar-refractivity contribution in [1.29, 1.82) is 0 Å². The van der Waals surface area contributed by atoms with Crippen molar-refractivity contribution in [1.82, 2.24) is 15.5 Å². The molecule has 0 bridgehead atoms. The second-order valence-electron chi connectivity index (χ2n) is 5.46. The Bertz CT molecular complexity index is 856. The number of aromatic nitrogens is 2. The van der Waals surface area contributed by atoms with E-state index in [1.165, 1.54) is 6.26 Å². The first-order chi connectivity index (χ1) is 12.1. The number of carbonyl (C=O) groups is 1. The van der Waals surface area contributed by atoms with Crippen LogP contribution in [0.5, 0.6) is 0 Å². The predicted molar refractivity (Wildman–Crippen MR) is 91.7 cm³/mol. The Labute approximate surface area is 146 Å². The van der Waals surface area contributed by atoms with Crippen molar-refractivity contribution in [2.45, 2.75) is 19.2 Å². The number of hydrogen-bond donors (Lipinski definition) is 1. The Morgan fingerprint density at radius 2 is 2.04 bits per heavy atom. The van der Waals surface area contributed by atoms with Crippen LogP contribution in [0.3, 0.4) is 0 Å². The van der Waals surface area contributed by atoms with Crippen molar-refractivity contribution >= 4 is 16.7 Å². The van der Waals surface area contributed by atoms with Crippen LogP contribution in [0.2, 0.25) is 0 Å². The average molecular weight is 359 g/mol. The van der Waals surface area contributed by atoms with Crippen LogP contribution in [-0.2, 0) is 27.9 Å². The Morgan fingerprint density at radius 1 is 1.24 bits per heavy atom. The van der Waals surface area contributed by atoms with Gasteiger partial charge >= 0.3 is 0 Å². The van der Waals surface area contributed by atoms with Crippen molar-refractivity contribution in [3.8, 4) is 11.4 Å². The van der Waals surface area contributed by atoms with Crippen LogP contribution >= 0.6 is 0 Å². The van der Waals surface area contributed by atoms with Gasteiger partial charge in [-0.3, -0.25) is 9.00 Å². The van der Waals surface area contributed by atoms with Gasteiger partial charge < -0.3 is 14.3 Å². The minimum absolute atomic E-state index is 0.0348. The minimum Gasteiger partial charge on any atom is -0.467 e.